The number of halogens is 2. The summed E-state index contributed by atoms with van der Waals surface area (Å²) in [5.41, 5.74) is 0.401. The van der Waals surface area contributed by atoms with Crippen molar-refractivity contribution in [2.24, 2.45) is 0 Å². The van der Waals surface area contributed by atoms with Gasteiger partial charge < -0.3 is 4.90 Å². The molecular formula is C12H17ClFN3O3S. The Morgan fingerprint density at radius 1 is 1.38 bits per heavy atom. The first kappa shape index (κ1) is 17.8. The molecule has 1 amide bonds. The van der Waals surface area contributed by atoms with E-state index in [0.717, 1.165) is 10.4 Å². The first-order chi connectivity index (χ1) is 9.65. The summed E-state index contributed by atoms with van der Waals surface area (Å²) in [6.45, 7) is 1.46. The summed E-state index contributed by atoms with van der Waals surface area (Å²) in [7, 11) is -0.770. The first-order valence-electron chi connectivity index (χ1n) is 6.05. The lowest BCUT2D eigenvalue weighted by Crippen LogP contribution is -2.41. The Labute approximate surface area is 128 Å². The van der Waals surface area contributed by atoms with E-state index in [-0.39, 0.29) is 24.0 Å². The molecule has 0 saturated heterocycles. The Bertz CT molecular complexity index is 622. The molecule has 1 aromatic rings. The SMILES string of the molecule is CC(=O)N(CCNS(=O)(=O)N(C)C)c1ccc(F)c(Cl)c1. The number of hydrogen-bond acceptors (Lipinski definition) is 3. The fourth-order valence-electron chi connectivity index (χ4n) is 1.54. The quantitative estimate of drug-likeness (QED) is 0.848. The molecule has 0 aliphatic rings. The number of nitrogens with one attached hydrogen (secondary N) is 1. The molecule has 0 aliphatic heterocycles. The molecule has 0 unspecified atom stereocenters. The van der Waals surface area contributed by atoms with Gasteiger partial charge in [0, 0.05) is 39.8 Å². The average molecular weight is 338 g/mol. The molecule has 1 rings (SSSR count). The molecule has 118 valence electrons. The normalized spacial score (nSPS) is 11.7. The molecule has 1 N–H and O–H groups in total. The Balaban J connectivity index is 2.80. The molecule has 1 aromatic carbocycles. The first-order valence-corrected chi connectivity index (χ1v) is 7.87. The van der Waals surface area contributed by atoms with Gasteiger partial charge in [0.05, 0.1) is 5.02 Å². The number of anilines is 1. The zero-order valence-corrected chi connectivity index (χ0v) is 13.5. The summed E-state index contributed by atoms with van der Waals surface area (Å²) >= 11 is 5.68. The average Bonchev–Trinajstić information content (AvgIpc) is 2.37. The highest BCUT2D eigenvalue weighted by Gasteiger charge is 2.16. The maximum Gasteiger partial charge on any atom is 0.278 e. The lowest BCUT2D eigenvalue weighted by Gasteiger charge is -2.22. The van der Waals surface area contributed by atoms with Crippen molar-refractivity contribution in [3.8, 4) is 0 Å². The number of carbonyl (C=O) groups is 1. The molecule has 21 heavy (non-hydrogen) atoms. The van der Waals surface area contributed by atoms with E-state index in [9.17, 15) is 17.6 Å². The van der Waals surface area contributed by atoms with E-state index in [4.69, 9.17) is 11.6 Å². The lowest BCUT2D eigenvalue weighted by atomic mass is 10.2. The van der Waals surface area contributed by atoms with Gasteiger partial charge in [0.2, 0.25) is 5.91 Å². The van der Waals surface area contributed by atoms with E-state index in [1.165, 1.54) is 38.1 Å². The van der Waals surface area contributed by atoms with Gasteiger partial charge in [0.25, 0.3) is 10.2 Å². The second-order valence-corrected chi connectivity index (χ2v) is 6.83. The van der Waals surface area contributed by atoms with Crippen LogP contribution in [0.2, 0.25) is 5.02 Å². The number of rotatable bonds is 6. The van der Waals surface area contributed by atoms with Gasteiger partial charge in [-0.05, 0) is 18.2 Å². The van der Waals surface area contributed by atoms with Crippen molar-refractivity contribution < 1.29 is 17.6 Å². The summed E-state index contributed by atoms with van der Waals surface area (Å²) < 4.78 is 39.6. The van der Waals surface area contributed by atoms with Gasteiger partial charge in [-0.15, -0.1) is 0 Å². The molecule has 6 nitrogen and oxygen atoms in total. The standard InChI is InChI=1S/C12H17ClFN3O3S/c1-9(18)17(7-6-15-21(19,20)16(2)3)10-4-5-12(14)11(13)8-10/h4-5,8,15H,6-7H2,1-3H3. The highest BCUT2D eigenvalue weighted by atomic mass is 35.5. The van der Waals surface area contributed by atoms with Crippen molar-refractivity contribution in [1.29, 1.82) is 0 Å². The molecule has 0 spiro atoms. The molecule has 0 radical (unpaired) electrons. The molecular weight excluding hydrogens is 321 g/mol. The highest BCUT2D eigenvalue weighted by molar-refractivity contribution is 7.87. The molecule has 0 fully saturated rings. The summed E-state index contributed by atoms with van der Waals surface area (Å²) in [6, 6.07) is 3.87. The molecule has 0 saturated carbocycles. The Hall–Kier alpha value is -1.22. The van der Waals surface area contributed by atoms with Crippen molar-refractivity contribution in [3.63, 3.8) is 0 Å². The minimum atomic E-state index is -3.56. The third kappa shape index (κ3) is 4.92. The summed E-state index contributed by atoms with van der Waals surface area (Å²) in [4.78, 5) is 12.9. The molecule has 0 bridgehead atoms. The Kier molecular flexibility index (Phi) is 6.09. The van der Waals surface area contributed by atoms with Crippen LogP contribution < -0.4 is 9.62 Å². The van der Waals surface area contributed by atoms with Gasteiger partial charge in [-0.3, -0.25) is 4.79 Å². The second-order valence-electron chi connectivity index (χ2n) is 4.45. The van der Waals surface area contributed by atoms with Crippen LogP contribution in [0, 0.1) is 5.82 Å². The number of nitrogens with zero attached hydrogens (tertiary/aromatic N) is 2. The van der Waals surface area contributed by atoms with Gasteiger partial charge >= 0.3 is 0 Å². The fraction of sp³-hybridized carbons (Fsp3) is 0.417. The summed E-state index contributed by atoms with van der Waals surface area (Å²) in [5, 5.41) is -0.104. The zero-order chi connectivity index (χ0) is 16.2. The van der Waals surface area contributed by atoms with Crippen LogP contribution in [0.3, 0.4) is 0 Å². The maximum absolute atomic E-state index is 13.1. The predicted molar refractivity (Wildman–Crippen MR) is 80.0 cm³/mol. The maximum atomic E-state index is 13.1. The van der Waals surface area contributed by atoms with Crippen LogP contribution in [0.5, 0.6) is 0 Å². The molecule has 0 atom stereocenters. The Morgan fingerprint density at radius 2 is 2.00 bits per heavy atom. The zero-order valence-electron chi connectivity index (χ0n) is 11.9. The van der Waals surface area contributed by atoms with Crippen LogP contribution in [0.25, 0.3) is 0 Å². The van der Waals surface area contributed by atoms with Crippen molar-refractivity contribution in [2.75, 3.05) is 32.1 Å². The van der Waals surface area contributed by atoms with Crippen LogP contribution in [-0.2, 0) is 15.0 Å². The van der Waals surface area contributed by atoms with Crippen LogP contribution in [-0.4, -0.2) is 45.8 Å². The topological polar surface area (TPSA) is 69.7 Å². The molecule has 0 aromatic heterocycles. The molecule has 0 heterocycles. The number of carbonyl (C=O) groups excluding carboxylic acids is 1. The van der Waals surface area contributed by atoms with Crippen molar-refractivity contribution in [1.82, 2.24) is 9.03 Å². The third-order valence-electron chi connectivity index (χ3n) is 2.70. The van der Waals surface area contributed by atoms with E-state index >= 15 is 0 Å². The number of benzene rings is 1. The van der Waals surface area contributed by atoms with E-state index < -0.39 is 16.0 Å². The van der Waals surface area contributed by atoms with Gasteiger partial charge in [-0.25, -0.2) is 9.11 Å². The van der Waals surface area contributed by atoms with Crippen molar-refractivity contribution in [3.05, 3.63) is 29.0 Å². The lowest BCUT2D eigenvalue weighted by molar-refractivity contribution is -0.116. The predicted octanol–water partition coefficient (Wildman–Crippen LogP) is 1.23. The van der Waals surface area contributed by atoms with E-state index in [0.29, 0.717) is 5.69 Å². The van der Waals surface area contributed by atoms with Crippen molar-refractivity contribution >= 4 is 33.4 Å². The van der Waals surface area contributed by atoms with Gasteiger partial charge in [0.15, 0.2) is 0 Å². The van der Waals surface area contributed by atoms with E-state index in [1.54, 1.807) is 0 Å². The molecule has 9 heteroatoms. The second kappa shape index (κ2) is 7.17. The summed E-state index contributed by atoms with van der Waals surface area (Å²) in [6.07, 6.45) is 0. The molecule has 0 aliphatic carbocycles. The van der Waals surface area contributed by atoms with Gasteiger partial charge in [-0.2, -0.15) is 12.7 Å². The largest absolute Gasteiger partial charge is 0.311 e. The van der Waals surface area contributed by atoms with Crippen LogP contribution >= 0.6 is 11.6 Å². The third-order valence-corrected chi connectivity index (χ3v) is 4.52. The van der Waals surface area contributed by atoms with Gasteiger partial charge in [-0.1, -0.05) is 11.6 Å². The number of hydrogen-bond donors (Lipinski definition) is 1. The smallest absolute Gasteiger partial charge is 0.278 e. The minimum absolute atomic E-state index is 0.0229. The van der Waals surface area contributed by atoms with Crippen molar-refractivity contribution in [2.45, 2.75) is 6.92 Å². The Morgan fingerprint density at radius 3 is 2.48 bits per heavy atom. The van der Waals surface area contributed by atoms with Crippen LogP contribution in [0.15, 0.2) is 18.2 Å². The monoisotopic (exact) mass is 337 g/mol. The highest BCUT2D eigenvalue weighted by Crippen LogP contribution is 2.22. The van der Waals surface area contributed by atoms with E-state index in [1.807, 2.05) is 0 Å². The fourth-order valence-corrected chi connectivity index (χ4v) is 2.32. The van der Waals surface area contributed by atoms with Gasteiger partial charge in [0.1, 0.15) is 5.82 Å². The number of amides is 1. The van der Waals surface area contributed by atoms with E-state index in [2.05, 4.69) is 4.72 Å². The minimum Gasteiger partial charge on any atom is -0.311 e. The van der Waals surface area contributed by atoms with Crippen LogP contribution in [0.1, 0.15) is 6.92 Å². The summed E-state index contributed by atoms with van der Waals surface area (Å²) in [5.74, 6) is -0.890. The van der Waals surface area contributed by atoms with Crippen LogP contribution in [0.4, 0.5) is 10.1 Å².